The van der Waals surface area contributed by atoms with E-state index in [1.54, 1.807) is 14.0 Å². The Morgan fingerprint density at radius 2 is 2.06 bits per heavy atom. The third-order valence-electron chi connectivity index (χ3n) is 5.87. The number of likely N-dealkylation sites (N-methyl/N-ethyl adjacent to an activating group) is 1. The van der Waals surface area contributed by atoms with Crippen LogP contribution < -0.4 is 10.3 Å². The van der Waals surface area contributed by atoms with Crippen molar-refractivity contribution in [3.8, 4) is 0 Å². The number of aromatic nitrogens is 1. The van der Waals surface area contributed by atoms with Crippen LogP contribution in [0.15, 0.2) is 17.1 Å². The number of carboxylic acid groups (broad SMARTS) is 1. The highest BCUT2D eigenvalue weighted by Gasteiger charge is 2.33. The summed E-state index contributed by atoms with van der Waals surface area (Å²) < 4.78 is 43.0. The molecule has 2 fully saturated rings. The van der Waals surface area contributed by atoms with Gasteiger partial charge in [-0.15, -0.1) is 0 Å². The number of fused-ring (bicyclic) bond motifs is 1. The molecule has 1 saturated carbocycles. The first-order valence-electron chi connectivity index (χ1n) is 10.8. The molecule has 1 N–H and O–H groups in total. The Labute approximate surface area is 188 Å². The number of benzene rings is 1. The topological polar surface area (TPSA) is 101 Å². The molecule has 178 valence electrons. The van der Waals surface area contributed by atoms with Gasteiger partial charge in [0.25, 0.3) is 0 Å². The molecule has 1 aliphatic heterocycles. The first kappa shape index (κ1) is 23.0. The number of nitrogens with zero attached hydrogens (tertiary/aromatic N) is 3. The zero-order chi connectivity index (χ0) is 23.9. The number of carboxylic acids is 1. The van der Waals surface area contributed by atoms with Crippen LogP contribution in [0.2, 0.25) is 0 Å². The van der Waals surface area contributed by atoms with E-state index in [9.17, 15) is 19.5 Å². The smallest absolute Gasteiger partial charge is 0.409 e. The lowest BCUT2D eigenvalue weighted by molar-refractivity contribution is 0.0179. The Hall–Kier alpha value is -3.21. The van der Waals surface area contributed by atoms with Crippen molar-refractivity contribution in [1.29, 1.82) is 0 Å². The summed E-state index contributed by atoms with van der Waals surface area (Å²) in [5.41, 5.74) is -1.84. The van der Waals surface area contributed by atoms with Crippen molar-refractivity contribution in [2.75, 3.05) is 44.8 Å². The maximum absolute atomic E-state index is 15.8. The molecule has 1 saturated heterocycles. The molecule has 1 amide bonds. The zero-order valence-corrected chi connectivity index (χ0v) is 18.3. The minimum Gasteiger partial charge on any atom is -0.477 e. The average molecular weight is 465 g/mol. The number of carbonyl (C=O) groups is 2. The van der Waals surface area contributed by atoms with E-state index in [1.165, 1.54) is 14.4 Å². The maximum Gasteiger partial charge on any atom is 0.409 e. The number of pyridine rings is 1. The number of anilines is 1. The molecule has 11 heteroatoms. The SMILES string of the molecule is CCOC(=O)N(C)CC1CN(c2c(F)cc3c(=O)c(C(=O)O)cn(C4CC4)c3c2F)CCO1. The van der Waals surface area contributed by atoms with Gasteiger partial charge in [-0.2, -0.15) is 0 Å². The van der Waals surface area contributed by atoms with Crippen LogP contribution in [-0.2, 0) is 9.47 Å². The number of carbonyl (C=O) groups excluding carboxylic acids is 1. The minimum atomic E-state index is -1.44. The van der Waals surface area contributed by atoms with E-state index in [4.69, 9.17) is 9.47 Å². The highest BCUT2D eigenvalue weighted by Crippen LogP contribution is 2.39. The van der Waals surface area contributed by atoms with Crippen LogP contribution >= 0.6 is 0 Å². The molecule has 4 rings (SSSR count). The van der Waals surface area contributed by atoms with Gasteiger partial charge in [0.15, 0.2) is 5.82 Å². The fourth-order valence-electron chi connectivity index (χ4n) is 4.16. The van der Waals surface area contributed by atoms with E-state index in [2.05, 4.69) is 0 Å². The van der Waals surface area contributed by atoms with Crippen molar-refractivity contribution >= 4 is 28.7 Å². The summed E-state index contributed by atoms with van der Waals surface area (Å²) in [5, 5.41) is 9.06. The van der Waals surface area contributed by atoms with Gasteiger partial charge in [0.05, 0.1) is 36.8 Å². The number of amides is 1. The predicted octanol–water partition coefficient (Wildman–Crippen LogP) is 2.61. The largest absolute Gasteiger partial charge is 0.477 e. The fraction of sp³-hybridized carbons (Fsp3) is 0.500. The van der Waals surface area contributed by atoms with Gasteiger partial charge in [0.1, 0.15) is 17.1 Å². The van der Waals surface area contributed by atoms with Crippen LogP contribution in [0, 0.1) is 11.6 Å². The standard InChI is InChI=1S/C22H25F2N3O6/c1-3-32-22(31)25(2)9-13-10-26(6-7-33-13)19-16(23)8-14-18(17(19)24)27(12-4-5-12)11-15(20(14)28)21(29)30/h8,11-13H,3-7,9-10H2,1-2H3,(H,29,30). The highest BCUT2D eigenvalue weighted by atomic mass is 19.1. The van der Waals surface area contributed by atoms with Crippen molar-refractivity contribution in [3.63, 3.8) is 0 Å². The van der Waals surface area contributed by atoms with Crippen molar-refractivity contribution in [2.24, 2.45) is 0 Å². The molecular formula is C22H25F2N3O6. The zero-order valence-electron chi connectivity index (χ0n) is 18.3. The molecule has 33 heavy (non-hydrogen) atoms. The lowest BCUT2D eigenvalue weighted by atomic mass is 10.1. The Balaban J connectivity index is 1.72. The minimum absolute atomic E-state index is 0.101. The molecule has 1 unspecified atom stereocenters. The Morgan fingerprint density at radius 1 is 1.33 bits per heavy atom. The van der Waals surface area contributed by atoms with Crippen molar-refractivity contribution in [2.45, 2.75) is 31.9 Å². The Kier molecular flexibility index (Phi) is 6.24. The molecule has 0 bridgehead atoms. The molecule has 1 aliphatic carbocycles. The Morgan fingerprint density at radius 3 is 2.70 bits per heavy atom. The number of aromatic carboxylic acids is 1. The van der Waals surface area contributed by atoms with Gasteiger partial charge in [-0.1, -0.05) is 0 Å². The number of halogens is 2. The van der Waals surface area contributed by atoms with E-state index >= 15 is 8.78 Å². The molecule has 2 aromatic rings. The summed E-state index contributed by atoms with van der Waals surface area (Å²) >= 11 is 0. The van der Waals surface area contributed by atoms with Gasteiger partial charge < -0.3 is 28.9 Å². The number of rotatable bonds is 6. The highest BCUT2D eigenvalue weighted by molar-refractivity contribution is 5.94. The van der Waals surface area contributed by atoms with Crippen molar-refractivity contribution in [1.82, 2.24) is 9.47 Å². The number of morpholine rings is 1. The molecule has 0 radical (unpaired) electrons. The van der Waals surface area contributed by atoms with E-state index in [1.807, 2.05) is 0 Å². The summed E-state index contributed by atoms with van der Waals surface area (Å²) in [6.45, 7) is 2.59. The van der Waals surface area contributed by atoms with Gasteiger partial charge in [0, 0.05) is 32.4 Å². The molecule has 2 heterocycles. The molecule has 2 aliphatic rings. The monoisotopic (exact) mass is 465 g/mol. The number of hydrogen-bond acceptors (Lipinski definition) is 6. The molecule has 1 atom stereocenters. The average Bonchev–Trinajstić information content (AvgIpc) is 3.60. The van der Waals surface area contributed by atoms with Gasteiger partial charge in [-0.3, -0.25) is 4.79 Å². The third-order valence-corrected chi connectivity index (χ3v) is 5.87. The van der Waals surface area contributed by atoms with E-state index in [0.717, 1.165) is 12.3 Å². The van der Waals surface area contributed by atoms with Crippen molar-refractivity contribution < 1.29 is 33.0 Å². The summed E-state index contributed by atoms with van der Waals surface area (Å²) in [4.78, 5) is 38.8. The first-order valence-corrected chi connectivity index (χ1v) is 10.8. The van der Waals surface area contributed by atoms with Crippen LogP contribution in [-0.4, -0.2) is 72.6 Å². The van der Waals surface area contributed by atoms with Crippen LogP contribution in [0.5, 0.6) is 0 Å². The van der Waals surface area contributed by atoms with E-state index < -0.39 is 40.8 Å². The molecular weight excluding hydrogens is 440 g/mol. The summed E-state index contributed by atoms with van der Waals surface area (Å²) in [6.07, 6.45) is 1.53. The molecule has 1 aromatic heterocycles. The van der Waals surface area contributed by atoms with E-state index in [0.29, 0.717) is 12.8 Å². The maximum atomic E-state index is 15.8. The lowest BCUT2D eigenvalue weighted by Crippen LogP contribution is -2.48. The van der Waals surface area contributed by atoms with Gasteiger partial charge in [-0.25, -0.2) is 18.4 Å². The first-order chi connectivity index (χ1) is 15.7. The third kappa shape index (κ3) is 4.37. The second-order valence-corrected chi connectivity index (χ2v) is 8.25. The normalized spacial score (nSPS) is 18.4. The van der Waals surface area contributed by atoms with Gasteiger partial charge >= 0.3 is 12.1 Å². The molecule has 0 spiro atoms. The second kappa shape index (κ2) is 8.97. The fourth-order valence-corrected chi connectivity index (χ4v) is 4.16. The quantitative estimate of drug-likeness (QED) is 0.700. The van der Waals surface area contributed by atoms with Crippen LogP contribution in [0.4, 0.5) is 19.3 Å². The van der Waals surface area contributed by atoms with Gasteiger partial charge in [-0.05, 0) is 25.8 Å². The van der Waals surface area contributed by atoms with Crippen LogP contribution in [0.25, 0.3) is 10.9 Å². The summed E-state index contributed by atoms with van der Waals surface area (Å²) in [5.74, 6) is -3.31. The predicted molar refractivity (Wildman–Crippen MR) is 115 cm³/mol. The second-order valence-electron chi connectivity index (χ2n) is 8.25. The molecule has 9 nitrogen and oxygen atoms in total. The van der Waals surface area contributed by atoms with Crippen LogP contribution in [0.3, 0.4) is 0 Å². The van der Waals surface area contributed by atoms with E-state index in [-0.39, 0.29) is 55.5 Å². The van der Waals surface area contributed by atoms with Crippen molar-refractivity contribution in [3.05, 3.63) is 39.7 Å². The lowest BCUT2D eigenvalue weighted by Gasteiger charge is -2.36. The summed E-state index contributed by atoms with van der Waals surface area (Å²) in [7, 11) is 1.55. The number of hydrogen-bond donors (Lipinski definition) is 1. The number of ether oxygens (including phenoxy) is 2. The van der Waals surface area contributed by atoms with Gasteiger partial charge in [0.2, 0.25) is 5.43 Å². The molecule has 1 aromatic carbocycles. The Bertz CT molecular complexity index is 1160. The summed E-state index contributed by atoms with van der Waals surface area (Å²) in [6, 6.07) is 0.769. The van der Waals surface area contributed by atoms with Crippen LogP contribution in [0.1, 0.15) is 36.2 Å².